The molecule has 6 nitrogen and oxygen atoms in total. The van der Waals surface area contributed by atoms with Crippen molar-refractivity contribution in [3.05, 3.63) is 41.7 Å². The van der Waals surface area contributed by atoms with E-state index >= 15 is 0 Å². The predicted octanol–water partition coefficient (Wildman–Crippen LogP) is 1.38. The maximum Gasteiger partial charge on any atom is 0.214 e. The zero-order chi connectivity index (χ0) is 20.2. The quantitative estimate of drug-likeness (QED) is 0.783. The first-order valence-electron chi connectivity index (χ1n) is 12.4. The van der Waals surface area contributed by atoms with Crippen molar-refractivity contribution < 1.29 is 9.80 Å². The van der Waals surface area contributed by atoms with Crippen LogP contribution < -0.4 is 9.80 Å². The van der Waals surface area contributed by atoms with E-state index in [1.54, 1.807) is 4.90 Å². The Kier molecular flexibility index (Phi) is 6.42. The third-order valence-corrected chi connectivity index (χ3v) is 7.96. The number of benzene rings is 1. The lowest BCUT2D eigenvalue weighted by Crippen LogP contribution is -3.29. The lowest BCUT2D eigenvalue weighted by molar-refractivity contribution is -1.03. The molecule has 3 fully saturated rings. The van der Waals surface area contributed by atoms with Crippen LogP contribution in [0.2, 0.25) is 0 Å². The third-order valence-electron chi connectivity index (χ3n) is 7.96. The second-order valence-electron chi connectivity index (χ2n) is 9.77. The van der Waals surface area contributed by atoms with E-state index in [2.05, 4.69) is 50.5 Å². The molecule has 0 radical (unpaired) electrons. The average molecular weight is 411 g/mol. The van der Waals surface area contributed by atoms with Crippen molar-refractivity contribution in [3.8, 4) is 0 Å². The van der Waals surface area contributed by atoms with Gasteiger partial charge in [0.05, 0.1) is 12.1 Å². The fourth-order valence-corrected chi connectivity index (χ4v) is 6.29. The van der Waals surface area contributed by atoms with Gasteiger partial charge in [-0.15, -0.1) is 5.10 Å². The summed E-state index contributed by atoms with van der Waals surface area (Å²) < 4.78 is 2.20. The molecular weight excluding hydrogens is 372 g/mol. The maximum atomic E-state index is 4.63. The Balaban J connectivity index is 1.37. The third kappa shape index (κ3) is 4.30. The van der Waals surface area contributed by atoms with Gasteiger partial charge in [-0.05, 0) is 49.0 Å². The zero-order valence-corrected chi connectivity index (χ0v) is 18.3. The van der Waals surface area contributed by atoms with Crippen LogP contribution in [0, 0.1) is 0 Å². The zero-order valence-electron chi connectivity index (χ0n) is 18.3. The highest BCUT2D eigenvalue weighted by molar-refractivity contribution is 5.22. The summed E-state index contributed by atoms with van der Waals surface area (Å²) in [6, 6.07) is 12.6. The van der Waals surface area contributed by atoms with E-state index in [-0.39, 0.29) is 6.04 Å². The molecule has 0 bridgehead atoms. The molecular formula is C24H38N6+2. The minimum absolute atomic E-state index is 0.246. The van der Waals surface area contributed by atoms with Crippen LogP contribution in [0.1, 0.15) is 87.7 Å². The fourth-order valence-electron chi connectivity index (χ4n) is 6.29. The summed E-state index contributed by atoms with van der Waals surface area (Å²) in [5.74, 6) is 1.09. The van der Waals surface area contributed by atoms with Gasteiger partial charge in [-0.25, -0.2) is 4.68 Å². The number of quaternary nitrogens is 2. The minimum Gasteiger partial charge on any atom is -0.323 e. The Morgan fingerprint density at radius 1 is 0.800 bits per heavy atom. The van der Waals surface area contributed by atoms with E-state index in [0.717, 1.165) is 11.9 Å². The van der Waals surface area contributed by atoms with Gasteiger partial charge in [0, 0.05) is 5.56 Å². The molecule has 5 rings (SSSR count). The summed E-state index contributed by atoms with van der Waals surface area (Å²) in [5.41, 5.74) is 1.36. The first-order valence-corrected chi connectivity index (χ1v) is 12.4. The Morgan fingerprint density at radius 3 is 2.17 bits per heavy atom. The maximum absolute atomic E-state index is 4.63. The predicted molar refractivity (Wildman–Crippen MR) is 116 cm³/mol. The molecule has 2 aromatic rings. The molecule has 0 amide bonds. The first-order chi connectivity index (χ1) is 14.9. The number of piperazine rings is 1. The standard InChI is InChI=1S/C24H36N6/c1-4-10-20(11-5-1)23(24-25-26-27-30(24)22-14-8-3-9-15-22)29-18-16-28(17-19-29)21-12-6-2-7-13-21/h1,4-5,10-11,21-23H,2-3,6-9,12-19H2/p+2/t23-/m0/s1. The van der Waals surface area contributed by atoms with Crippen molar-refractivity contribution in [1.82, 2.24) is 20.2 Å². The molecule has 1 aromatic carbocycles. The van der Waals surface area contributed by atoms with Crippen molar-refractivity contribution in [2.24, 2.45) is 0 Å². The molecule has 1 saturated heterocycles. The van der Waals surface area contributed by atoms with Gasteiger partial charge in [0.2, 0.25) is 5.82 Å². The molecule has 2 saturated carbocycles. The summed E-state index contributed by atoms with van der Waals surface area (Å²) in [6.07, 6.45) is 13.6. The van der Waals surface area contributed by atoms with Crippen LogP contribution in [0.25, 0.3) is 0 Å². The Hall–Kier alpha value is -1.79. The summed E-state index contributed by atoms with van der Waals surface area (Å²) >= 11 is 0. The minimum atomic E-state index is 0.246. The van der Waals surface area contributed by atoms with Crippen LogP contribution in [-0.2, 0) is 0 Å². The van der Waals surface area contributed by atoms with Crippen molar-refractivity contribution in [2.75, 3.05) is 26.2 Å². The van der Waals surface area contributed by atoms with Crippen molar-refractivity contribution in [3.63, 3.8) is 0 Å². The molecule has 3 aliphatic rings. The van der Waals surface area contributed by atoms with Crippen molar-refractivity contribution in [2.45, 2.75) is 82.3 Å². The lowest BCUT2D eigenvalue weighted by atomic mass is 9.93. The van der Waals surface area contributed by atoms with Gasteiger partial charge >= 0.3 is 0 Å². The van der Waals surface area contributed by atoms with Crippen LogP contribution in [0.3, 0.4) is 0 Å². The number of rotatable bonds is 5. The topological polar surface area (TPSA) is 52.5 Å². The van der Waals surface area contributed by atoms with Crippen molar-refractivity contribution in [1.29, 1.82) is 0 Å². The SMILES string of the molecule is c1ccc([C@@H](c2nnnn2C2CCCCC2)[NH+]2CC[NH+](C3CCCCC3)CC2)cc1. The molecule has 1 atom stereocenters. The average Bonchev–Trinajstić information content (AvgIpc) is 3.31. The number of aromatic nitrogens is 4. The van der Waals surface area contributed by atoms with Crippen molar-refractivity contribution >= 4 is 0 Å². The molecule has 0 unspecified atom stereocenters. The largest absolute Gasteiger partial charge is 0.323 e. The highest BCUT2D eigenvalue weighted by atomic mass is 15.6. The number of nitrogens with zero attached hydrogens (tertiary/aromatic N) is 4. The molecule has 2 N–H and O–H groups in total. The fraction of sp³-hybridized carbons (Fsp3) is 0.708. The van der Waals surface area contributed by atoms with Gasteiger partial charge in [-0.2, -0.15) is 0 Å². The van der Waals surface area contributed by atoms with E-state index in [0.29, 0.717) is 6.04 Å². The Labute approximate surface area is 180 Å². The summed E-state index contributed by atoms with van der Waals surface area (Å²) in [6.45, 7) is 4.99. The van der Waals surface area contributed by atoms with Crippen LogP contribution in [0.15, 0.2) is 30.3 Å². The first kappa shape index (κ1) is 20.1. The van der Waals surface area contributed by atoms with Gasteiger partial charge in [0.15, 0.2) is 6.04 Å². The van der Waals surface area contributed by atoms with Gasteiger partial charge in [-0.1, -0.05) is 56.0 Å². The Morgan fingerprint density at radius 2 is 1.47 bits per heavy atom. The normalized spacial score (nSPS) is 27.7. The molecule has 2 heterocycles. The van der Waals surface area contributed by atoms with E-state index < -0.39 is 0 Å². The molecule has 1 aromatic heterocycles. The van der Waals surface area contributed by atoms with Crippen LogP contribution in [-0.4, -0.2) is 52.4 Å². The Bertz CT molecular complexity index is 770. The molecule has 0 spiro atoms. The summed E-state index contributed by atoms with van der Waals surface area (Å²) in [4.78, 5) is 3.50. The van der Waals surface area contributed by atoms with Gasteiger partial charge in [0.25, 0.3) is 0 Å². The highest BCUT2D eigenvalue weighted by Gasteiger charge is 2.38. The van der Waals surface area contributed by atoms with Crippen LogP contribution >= 0.6 is 0 Å². The summed E-state index contributed by atoms with van der Waals surface area (Å²) in [7, 11) is 0. The van der Waals surface area contributed by atoms with E-state index in [1.807, 2.05) is 4.90 Å². The second-order valence-corrected chi connectivity index (χ2v) is 9.77. The molecule has 162 valence electrons. The molecule has 1 aliphatic heterocycles. The van der Waals surface area contributed by atoms with Gasteiger partial charge in [0.1, 0.15) is 26.2 Å². The highest BCUT2D eigenvalue weighted by Crippen LogP contribution is 2.30. The monoisotopic (exact) mass is 410 g/mol. The van der Waals surface area contributed by atoms with Crippen LogP contribution in [0.4, 0.5) is 0 Å². The number of nitrogens with one attached hydrogen (secondary N) is 2. The van der Waals surface area contributed by atoms with Gasteiger partial charge in [-0.3, -0.25) is 0 Å². The lowest BCUT2D eigenvalue weighted by Gasteiger charge is -2.38. The number of hydrogen-bond acceptors (Lipinski definition) is 3. The van der Waals surface area contributed by atoms with E-state index in [1.165, 1.54) is 96.0 Å². The molecule has 30 heavy (non-hydrogen) atoms. The summed E-state index contributed by atoms with van der Waals surface area (Å²) in [5, 5.41) is 13.3. The van der Waals surface area contributed by atoms with Gasteiger partial charge < -0.3 is 9.80 Å². The van der Waals surface area contributed by atoms with E-state index in [9.17, 15) is 0 Å². The second kappa shape index (κ2) is 9.56. The van der Waals surface area contributed by atoms with E-state index in [4.69, 9.17) is 0 Å². The molecule has 2 aliphatic carbocycles. The van der Waals surface area contributed by atoms with Crippen LogP contribution in [0.5, 0.6) is 0 Å². The number of hydrogen-bond donors (Lipinski definition) is 2. The molecule has 6 heteroatoms. The smallest absolute Gasteiger partial charge is 0.214 e. The number of tetrazole rings is 1.